The van der Waals surface area contributed by atoms with Crippen molar-refractivity contribution in [2.45, 2.75) is 17.4 Å². The summed E-state index contributed by atoms with van der Waals surface area (Å²) in [4.78, 5) is 46.2. The molecule has 0 aromatic heterocycles. The first-order valence-electron chi connectivity index (χ1n) is 6.63. The summed E-state index contributed by atoms with van der Waals surface area (Å²) in [5, 5.41) is 4.71. The number of imide groups is 1. The number of benzene rings is 1. The Kier molecular flexibility index (Phi) is 4.89. The lowest BCUT2D eigenvalue weighted by molar-refractivity contribution is -0.122. The van der Waals surface area contributed by atoms with Gasteiger partial charge in [-0.1, -0.05) is 12.1 Å². The molecule has 1 atom stereocenters. The van der Waals surface area contributed by atoms with Crippen molar-refractivity contribution < 1.29 is 23.9 Å². The fourth-order valence-electron chi connectivity index (χ4n) is 1.88. The van der Waals surface area contributed by atoms with Gasteiger partial charge in [0.1, 0.15) is 5.54 Å². The topological polar surface area (TPSA) is 128 Å². The van der Waals surface area contributed by atoms with Crippen LogP contribution < -0.4 is 16.4 Å². The molecule has 4 N–H and O–H groups in total. The third-order valence-electron chi connectivity index (χ3n) is 3.09. The summed E-state index contributed by atoms with van der Waals surface area (Å²) in [7, 11) is 0. The van der Waals surface area contributed by atoms with Gasteiger partial charge < -0.3 is 15.8 Å². The standard InChI is InChI=1S/C14H15N3O5S/c1-14(12(20)16-13(21)17-14)7-23-9-5-3-2-4-8(9)11(19)22-6-10(15)18/h2-5H,6-7H2,1H3,(H2,15,18)(H2,16,17,20,21)/t14-/m1/s1. The van der Waals surface area contributed by atoms with E-state index in [1.807, 2.05) is 0 Å². The lowest BCUT2D eigenvalue weighted by Gasteiger charge is -2.20. The minimum absolute atomic E-state index is 0.227. The van der Waals surface area contributed by atoms with E-state index in [2.05, 4.69) is 10.6 Å². The summed E-state index contributed by atoms with van der Waals surface area (Å²) in [6.45, 7) is 1.09. The molecule has 1 fully saturated rings. The van der Waals surface area contributed by atoms with Crippen molar-refractivity contribution in [3.8, 4) is 0 Å². The molecule has 0 aliphatic carbocycles. The number of carbonyl (C=O) groups excluding carboxylic acids is 4. The summed E-state index contributed by atoms with van der Waals surface area (Å²) in [5.74, 6) is -1.63. The van der Waals surface area contributed by atoms with Crippen molar-refractivity contribution in [1.82, 2.24) is 10.6 Å². The Morgan fingerprint density at radius 3 is 2.61 bits per heavy atom. The van der Waals surface area contributed by atoms with Gasteiger partial charge in [-0.15, -0.1) is 11.8 Å². The molecule has 122 valence electrons. The monoisotopic (exact) mass is 337 g/mol. The van der Waals surface area contributed by atoms with Crippen LogP contribution in [0.2, 0.25) is 0 Å². The maximum Gasteiger partial charge on any atom is 0.339 e. The number of nitrogens with two attached hydrogens (primary N) is 1. The number of esters is 1. The Morgan fingerprint density at radius 2 is 2.00 bits per heavy atom. The molecule has 1 aliphatic heterocycles. The minimum Gasteiger partial charge on any atom is -0.452 e. The molecule has 1 aliphatic rings. The number of urea groups is 1. The Morgan fingerprint density at radius 1 is 1.30 bits per heavy atom. The van der Waals surface area contributed by atoms with Gasteiger partial charge >= 0.3 is 12.0 Å². The summed E-state index contributed by atoms with van der Waals surface area (Å²) >= 11 is 1.22. The molecule has 1 saturated heterocycles. The van der Waals surface area contributed by atoms with Crippen LogP contribution in [0.5, 0.6) is 0 Å². The second kappa shape index (κ2) is 6.69. The maximum atomic E-state index is 12.0. The van der Waals surface area contributed by atoms with E-state index in [9.17, 15) is 19.2 Å². The number of amides is 4. The summed E-state index contributed by atoms with van der Waals surface area (Å²) < 4.78 is 4.79. The van der Waals surface area contributed by atoms with E-state index in [1.54, 1.807) is 31.2 Å². The van der Waals surface area contributed by atoms with Crippen LogP contribution in [0, 0.1) is 0 Å². The zero-order valence-electron chi connectivity index (χ0n) is 12.3. The molecule has 0 spiro atoms. The zero-order chi connectivity index (χ0) is 17.0. The van der Waals surface area contributed by atoms with E-state index in [0.29, 0.717) is 4.90 Å². The molecular formula is C14H15N3O5S. The summed E-state index contributed by atoms with van der Waals surface area (Å²) in [5.41, 5.74) is 4.13. The second-order valence-electron chi connectivity index (χ2n) is 5.07. The van der Waals surface area contributed by atoms with Gasteiger partial charge in [-0.3, -0.25) is 14.9 Å². The van der Waals surface area contributed by atoms with Crippen molar-refractivity contribution in [1.29, 1.82) is 0 Å². The molecule has 4 amide bonds. The van der Waals surface area contributed by atoms with Crippen molar-refractivity contribution in [2.24, 2.45) is 5.73 Å². The lowest BCUT2D eigenvalue weighted by atomic mass is 10.1. The van der Waals surface area contributed by atoms with Crippen LogP contribution in [-0.2, 0) is 14.3 Å². The lowest BCUT2D eigenvalue weighted by Crippen LogP contribution is -2.46. The van der Waals surface area contributed by atoms with Gasteiger partial charge in [0.05, 0.1) is 5.56 Å². The largest absolute Gasteiger partial charge is 0.452 e. The van der Waals surface area contributed by atoms with Gasteiger partial charge in [-0.05, 0) is 19.1 Å². The fraction of sp³-hybridized carbons (Fsp3) is 0.286. The number of ether oxygens (including phenoxy) is 1. The third-order valence-corrected chi connectivity index (χ3v) is 4.48. The van der Waals surface area contributed by atoms with Crippen molar-refractivity contribution >= 4 is 35.6 Å². The molecule has 0 unspecified atom stereocenters. The smallest absolute Gasteiger partial charge is 0.339 e. The predicted molar refractivity (Wildman–Crippen MR) is 81.7 cm³/mol. The summed E-state index contributed by atoms with van der Waals surface area (Å²) in [6.07, 6.45) is 0. The molecule has 0 bridgehead atoms. The van der Waals surface area contributed by atoms with Gasteiger partial charge in [0.15, 0.2) is 6.61 Å². The number of nitrogens with one attached hydrogen (secondary N) is 2. The van der Waals surface area contributed by atoms with Crippen LogP contribution in [0.15, 0.2) is 29.2 Å². The molecule has 2 rings (SSSR count). The normalized spacial score (nSPS) is 19.9. The highest BCUT2D eigenvalue weighted by atomic mass is 32.2. The van der Waals surface area contributed by atoms with Crippen LogP contribution in [0.4, 0.5) is 4.79 Å². The molecular weight excluding hydrogens is 322 g/mol. The van der Waals surface area contributed by atoms with E-state index in [0.717, 1.165) is 0 Å². The summed E-state index contributed by atoms with van der Waals surface area (Å²) in [6, 6.07) is 6.05. The van der Waals surface area contributed by atoms with E-state index in [4.69, 9.17) is 10.5 Å². The van der Waals surface area contributed by atoms with E-state index in [1.165, 1.54) is 11.8 Å². The first-order valence-corrected chi connectivity index (χ1v) is 7.61. The van der Waals surface area contributed by atoms with Crippen LogP contribution in [0.3, 0.4) is 0 Å². The number of hydrogen-bond donors (Lipinski definition) is 3. The molecule has 9 heteroatoms. The molecule has 23 heavy (non-hydrogen) atoms. The van der Waals surface area contributed by atoms with Crippen LogP contribution in [0.25, 0.3) is 0 Å². The minimum atomic E-state index is -1.06. The first kappa shape index (κ1) is 16.8. The number of primary amides is 1. The quantitative estimate of drug-likeness (QED) is 0.381. The van der Waals surface area contributed by atoms with Gasteiger partial charge in [0.25, 0.3) is 11.8 Å². The van der Waals surface area contributed by atoms with Gasteiger partial charge in [0, 0.05) is 10.6 Å². The first-order chi connectivity index (χ1) is 10.8. The van der Waals surface area contributed by atoms with Crippen LogP contribution in [-0.4, -0.2) is 41.7 Å². The average molecular weight is 337 g/mol. The van der Waals surface area contributed by atoms with Crippen LogP contribution in [0.1, 0.15) is 17.3 Å². The fourth-order valence-corrected chi connectivity index (χ4v) is 3.01. The Bertz CT molecular complexity index is 678. The number of hydrogen-bond acceptors (Lipinski definition) is 6. The SMILES string of the molecule is C[C@]1(CSc2ccccc2C(=O)OCC(N)=O)NC(=O)NC1=O. The average Bonchev–Trinajstić information content (AvgIpc) is 2.76. The molecule has 1 heterocycles. The molecule has 0 saturated carbocycles. The van der Waals surface area contributed by atoms with Gasteiger partial charge in [-0.25, -0.2) is 9.59 Å². The van der Waals surface area contributed by atoms with Gasteiger partial charge in [-0.2, -0.15) is 0 Å². The van der Waals surface area contributed by atoms with Crippen molar-refractivity contribution in [3.63, 3.8) is 0 Å². The number of thioether (sulfide) groups is 1. The maximum absolute atomic E-state index is 12.0. The molecule has 8 nitrogen and oxygen atoms in total. The highest BCUT2D eigenvalue weighted by Crippen LogP contribution is 2.27. The van der Waals surface area contributed by atoms with Crippen LogP contribution >= 0.6 is 11.8 Å². The number of carbonyl (C=O) groups is 4. The van der Waals surface area contributed by atoms with E-state index in [-0.39, 0.29) is 11.3 Å². The molecule has 0 radical (unpaired) electrons. The van der Waals surface area contributed by atoms with Crippen molar-refractivity contribution in [3.05, 3.63) is 29.8 Å². The molecule has 1 aromatic carbocycles. The molecule has 1 aromatic rings. The second-order valence-corrected chi connectivity index (χ2v) is 6.08. The van der Waals surface area contributed by atoms with E-state index < -0.39 is 36.0 Å². The number of rotatable bonds is 6. The highest BCUT2D eigenvalue weighted by Gasteiger charge is 2.41. The van der Waals surface area contributed by atoms with Crippen molar-refractivity contribution in [2.75, 3.05) is 12.4 Å². The Hall–Kier alpha value is -2.55. The third kappa shape index (κ3) is 4.01. The Balaban J connectivity index is 2.09. The van der Waals surface area contributed by atoms with E-state index >= 15 is 0 Å². The van der Waals surface area contributed by atoms with Gasteiger partial charge in [0.2, 0.25) is 0 Å². The Labute approximate surface area is 136 Å². The zero-order valence-corrected chi connectivity index (χ0v) is 13.1. The predicted octanol–water partition coefficient (Wildman–Crippen LogP) is 0.0189. The highest BCUT2D eigenvalue weighted by molar-refractivity contribution is 7.99.